The highest BCUT2D eigenvalue weighted by molar-refractivity contribution is 7.80. The molecule has 0 rings (SSSR count). The monoisotopic (exact) mass is 259 g/mol. The molecular weight excluding hydrogens is 230 g/mol. The molecule has 0 aromatic rings. The Morgan fingerprint density at radius 1 is 0.941 bits per heavy atom. The van der Waals surface area contributed by atoms with Gasteiger partial charge in [-0.3, -0.25) is 4.79 Å². The summed E-state index contributed by atoms with van der Waals surface area (Å²) in [6.45, 7) is 3.09. The Balaban J connectivity index is 3.01. The van der Waals surface area contributed by atoms with E-state index in [1.807, 2.05) is 0 Å². The van der Waals surface area contributed by atoms with Crippen LogP contribution in [0.5, 0.6) is 0 Å². The van der Waals surface area contributed by atoms with Crippen LogP contribution in [0.2, 0.25) is 0 Å². The molecule has 17 heavy (non-hydrogen) atoms. The van der Waals surface area contributed by atoms with Crippen LogP contribution in [0.25, 0.3) is 0 Å². The maximum Gasteiger partial charge on any atom is 0.220 e. The van der Waals surface area contributed by atoms with Gasteiger partial charge in [-0.05, 0) is 12.2 Å². The first-order valence-electron chi connectivity index (χ1n) is 7.18. The first-order chi connectivity index (χ1) is 8.31. The molecule has 0 atom stereocenters. The Labute approximate surface area is 112 Å². The summed E-state index contributed by atoms with van der Waals surface area (Å²) in [5, 5.41) is 2.91. The lowest BCUT2D eigenvalue weighted by Gasteiger charge is -2.04. The van der Waals surface area contributed by atoms with E-state index < -0.39 is 0 Å². The highest BCUT2D eigenvalue weighted by Gasteiger charge is 1.97. The van der Waals surface area contributed by atoms with Gasteiger partial charge in [-0.25, -0.2) is 0 Å². The molecule has 0 aliphatic heterocycles. The molecule has 0 radical (unpaired) electrons. The number of nitrogens with one attached hydrogen (secondary N) is 1. The van der Waals surface area contributed by atoms with Crippen LogP contribution in [0.15, 0.2) is 0 Å². The predicted octanol–water partition coefficient (Wildman–Crippen LogP) is 3.95. The number of hydrogen-bond acceptors (Lipinski definition) is 2. The molecular formula is C14H29NOS. The minimum atomic E-state index is 0.138. The summed E-state index contributed by atoms with van der Waals surface area (Å²) in [4.78, 5) is 11.1. The predicted molar refractivity (Wildman–Crippen MR) is 78.7 cm³/mol. The summed E-state index contributed by atoms with van der Waals surface area (Å²) in [6.07, 6.45) is 12.5. The SMILES string of the molecule is CCCCCCCCCCCNC(=O)CCS. The Bertz CT molecular complexity index is 174. The fourth-order valence-corrected chi connectivity index (χ4v) is 2.06. The van der Waals surface area contributed by atoms with Crippen LogP contribution < -0.4 is 5.32 Å². The van der Waals surface area contributed by atoms with Crippen molar-refractivity contribution in [1.82, 2.24) is 5.32 Å². The highest BCUT2D eigenvalue weighted by Crippen LogP contribution is 2.09. The molecule has 0 aliphatic rings. The van der Waals surface area contributed by atoms with E-state index >= 15 is 0 Å². The Morgan fingerprint density at radius 3 is 2.00 bits per heavy atom. The van der Waals surface area contributed by atoms with Gasteiger partial charge in [-0.2, -0.15) is 12.6 Å². The van der Waals surface area contributed by atoms with Crippen LogP contribution in [-0.2, 0) is 4.79 Å². The van der Waals surface area contributed by atoms with Crippen molar-refractivity contribution < 1.29 is 4.79 Å². The number of unbranched alkanes of at least 4 members (excludes halogenated alkanes) is 8. The van der Waals surface area contributed by atoms with Crippen molar-refractivity contribution in [3.63, 3.8) is 0 Å². The number of rotatable bonds is 12. The second-order valence-electron chi connectivity index (χ2n) is 4.65. The molecule has 1 N–H and O–H groups in total. The molecule has 102 valence electrons. The van der Waals surface area contributed by atoms with E-state index in [9.17, 15) is 4.79 Å². The molecule has 0 saturated heterocycles. The van der Waals surface area contributed by atoms with Gasteiger partial charge in [0.05, 0.1) is 0 Å². The zero-order valence-corrected chi connectivity index (χ0v) is 12.2. The molecule has 0 saturated carbocycles. The quantitative estimate of drug-likeness (QED) is 0.403. The molecule has 0 aromatic carbocycles. The molecule has 2 nitrogen and oxygen atoms in total. The average Bonchev–Trinajstić information content (AvgIpc) is 2.32. The third kappa shape index (κ3) is 13.8. The van der Waals surface area contributed by atoms with Crippen molar-refractivity contribution in [2.45, 2.75) is 71.1 Å². The number of hydrogen-bond donors (Lipinski definition) is 2. The zero-order chi connectivity index (χ0) is 12.8. The first kappa shape index (κ1) is 16.8. The zero-order valence-electron chi connectivity index (χ0n) is 11.3. The Morgan fingerprint density at radius 2 is 1.47 bits per heavy atom. The van der Waals surface area contributed by atoms with Crippen molar-refractivity contribution >= 4 is 18.5 Å². The minimum absolute atomic E-state index is 0.138. The lowest BCUT2D eigenvalue weighted by molar-refractivity contribution is -0.120. The van der Waals surface area contributed by atoms with Crippen molar-refractivity contribution in [3.8, 4) is 0 Å². The molecule has 0 unspecified atom stereocenters. The molecule has 0 fully saturated rings. The lowest BCUT2D eigenvalue weighted by Crippen LogP contribution is -2.24. The van der Waals surface area contributed by atoms with Gasteiger partial charge in [0.1, 0.15) is 0 Å². The number of thiol groups is 1. The second-order valence-corrected chi connectivity index (χ2v) is 5.10. The van der Waals surface area contributed by atoms with E-state index in [-0.39, 0.29) is 5.91 Å². The molecule has 3 heteroatoms. The minimum Gasteiger partial charge on any atom is -0.356 e. The highest BCUT2D eigenvalue weighted by atomic mass is 32.1. The lowest BCUT2D eigenvalue weighted by atomic mass is 10.1. The summed E-state index contributed by atoms with van der Waals surface area (Å²) in [7, 11) is 0. The molecule has 0 aliphatic carbocycles. The van der Waals surface area contributed by atoms with Crippen LogP contribution >= 0.6 is 12.6 Å². The van der Waals surface area contributed by atoms with Crippen molar-refractivity contribution in [3.05, 3.63) is 0 Å². The van der Waals surface area contributed by atoms with Crippen LogP contribution in [0.4, 0.5) is 0 Å². The smallest absolute Gasteiger partial charge is 0.220 e. The number of amides is 1. The van der Waals surface area contributed by atoms with Crippen LogP contribution in [0, 0.1) is 0 Å². The number of carbonyl (C=O) groups is 1. The second kappa shape index (κ2) is 13.9. The van der Waals surface area contributed by atoms with Gasteiger partial charge in [-0.1, -0.05) is 58.3 Å². The van der Waals surface area contributed by atoms with E-state index in [2.05, 4.69) is 24.9 Å². The largest absolute Gasteiger partial charge is 0.356 e. The van der Waals surface area contributed by atoms with Gasteiger partial charge < -0.3 is 5.32 Å². The van der Waals surface area contributed by atoms with Gasteiger partial charge >= 0.3 is 0 Å². The van der Waals surface area contributed by atoms with E-state index in [4.69, 9.17) is 0 Å². The fourth-order valence-electron chi connectivity index (χ4n) is 1.85. The van der Waals surface area contributed by atoms with Gasteiger partial charge in [0.2, 0.25) is 5.91 Å². The fraction of sp³-hybridized carbons (Fsp3) is 0.929. The van der Waals surface area contributed by atoms with E-state index in [0.29, 0.717) is 12.2 Å². The maximum absolute atomic E-state index is 11.1. The van der Waals surface area contributed by atoms with Crippen LogP contribution in [0.1, 0.15) is 71.1 Å². The molecule has 0 heterocycles. The van der Waals surface area contributed by atoms with E-state index in [1.54, 1.807) is 0 Å². The van der Waals surface area contributed by atoms with Gasteiger partial charge in [0.25, 0.3) is 0 Å². The summed E-state index contributed by atoms with van der Waals surface area (Å²) in [5.74, 6) is 0.781. The van der Waals surface area contributed by atoms with E-state index in [0.717, 1.165) is 13.0 Å². The topological polar surface area (TPSA) is 29.1 Å². The van der Waals surface area contributed by atoms with Gasteiger partial charge in [0, 0.05) is 13.0 Å². The molecule has 0 spiro atoms. The van der Waals surface area contributed by atoms with Crippen molar-refractivity contribution in [1.29, 1.82) is 0 Å². The maximum atomic E-state index is 11.1. The summed E-state index contributed by atoms with van der Waals surface area (Å²) >= 11 is 4.03. The van der Waals surface area contributed by atoms with Crippen LogP contribution in [-0.4, -0.2) is 18.2 Å². The third-order valence-corrected chi connectivity index (χ3v) is 3.16. The summed E-state index contributed by atoms with van der Waals surface area (Å²) in [6, 6.07) is 0. The van der Waals surface area contributed by atoms with Crippen LogP contribution in [0.3, 0.4) is 0 Å². The van der Waals surface area contributed by atoms with Crippen molar-refractivity contribution in [2.75, 3.05) is 12.3 Å². The summed E-state index contributed by atoms with van der Waals surface area (Å²) in [5.41, 5.74) is 0. The third-order valence-electron chi connectivity index (χ3n) is 2.94. The van der Waals surface area contributed by atoms with Gasteiger partial charge in [-0.15, -0.1) is 0 Å². The van der Waals surface area contributed by atoms with Gasteiger partial charge in [0.15, 0.2) is 0 Å². The average molecular weight is 259 g/mol. The first-order valence-corrected chi connectivity index (χ1v) is 7.82. The molecule has 1 amide bonds. The molecule has 0 bridgehead atoms. The summed E-state index contributed by atoms with van der Waals surface area (Å²) < 4.78 is 0. The normalized spacial score (nSPS) is 10.5. The molecule has 0 aromatic heterocycles. The standard InChI is InChI=1S/C14H29NOS/c1-2-3-4-5-6-7-8-9-10-12-15-14(16)11-13-17/h17H,2-13H2,1H3,(H,15,16). The number of carbonyl (C=O) groups excluding carboxylic acids is 1. The Kier molecular flexibility index (Phi) is 13.7. The van der Waals surface area contributed by atoms with Crippen molar-refractivity contribution in [2.24, 2.45) is 0 Å². The Hall–Kier alpha value is -0.180. The van der Waals surface area contributed by atoms with E-state index in [1.165, 1.54) is 51.4 Å².